The van der Waals surface area contributed by atoms with Crippen molar-refractivity contribution in [1.82, 2.24) is 19.4 Å². The standard InChI is InChI=1S/C29H39N5O6S/c1-20-14-34(21(2)18-35)29(36)13-23-12-24(31-41(37,38)28-17-33(4)19-30-28)8-11-26(23)40-27(20)16-32(3)15-22-6-9-25(39-5)10-7-22/h6-12,17,19-21,27,31,35H,13-16,18H2,1-5H3/t20-,21-,27-/m1/s1. The molecule has 0 aliphatic carbocycles. The quantitative estimate of drug-likeness (QED) is 0.372. The molecule has 12 heteroatoms. The molecule has 1 amide bonds. The van der Waals surface area contributed by atoms with Crippen LogP contribution in [-0.2, 0) is 34.8 Å². The molecule has 0 fully saturated rings. The van der Waals surface area contributed by atoms with Crippen LogP contribution in [0.15, 0.2) is 60.0 Å². The van der Waals surface area contributed by atoms with Crippen molar-refractivity contribution in [2.45, 2.75) is 44.0 Å². The Bertz CT molecular complexity index is 1440. The van der Waals surface area contributed by atoms with Crippen molar-refractivity contribution in [3.05, 3.63) is 66.1 Å². The summed E-state index contributed by atoms with van der Waals surface area (Å²) in [5.74, 6) is 1.10. The van der Waals surface area contributed by atoms with Gasteiger partial charge in [0.25, 0.3) is 10.0 Å². The number of likely N-dealkylation sites (N-methyl/N-ethyl adjacent to an activating group) is 1. The van der Waals surface area contributed by atoms with E-state index in [2.05, 4.69) is 14.6 Å². The highest BCUT2D eigenvalue weighted by Crippen LogP contribution is 2.30. The van der Waals surface area contributed by atoms with E-state index in [1.165, 1.54) is 12.5 Å². The van der Waals surface area contributed by atoms with Crippen molar-refractivity contribution in [3.8, 4) is 11.5 Å². The molecule has 0 radical (unpaired) electrons. The second-order valence-electron chi connectivity index (χ2n) is 10.7. The molecule has 0 bridgehead atoms. The fraction of sp³-hybridized carbons (Fsp3) is 0.448. The lowest BCUT2D eigenvalue weighted by Gasteiger charge is -2.34. The first kappa shape index (κ1) is 30.4. The second-order valence-corrected chi connectivity index (χ2v) is 12.4. The smallest absolute Gasteiger partial charge is 0.280 e. The van der Waals surface area contributed by atoms with Gasteiger partial charge in [0, 0.05) is 50.0 Å². The molecule has 2 aromatic carbocycles. The highest BCUT2D eigenvalue weighted by molar-refractivity contribution is 7.92. The van der Waals surface area contributed by atoms with E-state index < -0.39 is 10.0 Å². The molecule has 2 heterocycles. The predicted octanol–water partition coefficient (Wildman–Crippen LogP) is 2.51. The van der Waals surface area contributed by atoms with Gasteiger partial charge in [0.1, 0.15) is 17.6 Å². The highest BCUT2D eigenvalue weighted by atomic mass is 32.2. The van der Waals surface area contributed by atoms with E-state index in [0.717, 1.165) is 11.3 Å². The number of carbonyl (C=O) groups is 1. The van der Waals surface area contributed by atoms with Gasteiger partial charge in [-0.15, -0.1) is 0 Å². The summed E-state index contributed by atoms with van der Waals surface area (Å²) in [4.78, 5) is 21.2. The fourth-order valence-corrected chi connectivity index (χ4v) is 5.89. The van der Waals surface area contributed by atoms with Gasteiger partial charge in [-0.25, -0.2) is 4.98 Å². The van der Waals surface area contributed by atoms with Crippen LogP contribution in [0, 0.1) is 5.92 Å². The Hall–Kier alpha value is -3.61. The van der Waals surface area contributed by atoms with E-state index in [4.69, 9.17) is 9.47 Å². The van der Waals surface area contributed by atoms with Gasteiger partial charge < -0.3 is 24.0 Å². The number of benzene rings is 2. The second kappa shape index (κ2) is 12.9. The van der Waals surface area contributed by atoms with Gasteiger partial charge in [-0.3, -0.25) is 14.4 Å². The van der Waals surface area contributed by atoms with Crippen molar-refractivity contribution in [1.29, 1.82) is 0 Å². The Morgan fingerprint density at radius 1 is 1.24 bits per heavy atom. The molecule has 4 rings (SSSR count). The molecule has 0 saturated carbocycles. The van der Waals surface area contributed by atoms with Crippen molar-refractivity contribution in [2.24, 2.45) is 13.0 Å². The molecule has 0 unspecified atom stereocenters. The molecule has 3 aromatic rings. The number of nitrogens with zero attached hydrogens (tertiary/aromatic N) is 4. The summed E-state index contributed by atoms with van der Waals surface area (Å²) in [5, 5.41) is 9.78. The Kier molecular flexibility index (Phi) is 9.57. The Balaban J connectivity index is 1.61. The first-order valence-corrected chi connectivity index (χ1v) is 15.0. The first-order chi connectivity index (χ1) is 19.5. The van der Waals surface area contributed by atoms with Crippen LogP contribution >= 0.6 is 0 Å². The number of rotatable bonds is 10. The summed E-state index contributed by atoms with van der Waals surface area (Å²) >= 11 is 0. The number of aromatic nitrogens is 2. The summed E-state index contributed by atoms with van der Waals surface area (Å²) in [5.41, 5.74) is 1.98. The minimum absolute atomic E-state index is 0.0000442. The molecule has 0 spiro atoms. The zero-order valence-corrected chi connectivity index (χ0v) is 25.0. The Morgan fingerprint density at radius 3 is 2.61 bits per heavy atom. The molecule has 1 aliphatic rings. The Morgan fingerprint density at radius 2 is 1.98 bits per heavy atom. The van der Waals surface area contributed by atoms with Gasteiger partial charge in [-0.1, -0.05) is 19.1 Å². The number of amides is 1. The maximum Gasteiger partial charge on any atom is 0.280 e. The molecule has 222 valence electrons. The number of ether oxygens (including phenoxy) is 2. The number of hydrogen-bond acceptors (Lipinski definition) is 8. The van der Waals surface area contributed by atoms with Crippen LogP contribution in [0.2, 0.25) is 0 Å². The molecule has 11 nitrogen and oxygen atoms in total. The summed E-state index contributed by atoms with van der Waals surface area (Å²) < 4.78 is 41.7. The number of aliphatic hydroxyl groups is 1. The first-order valence-electron chi connectivity index (χ1n) is 13.5. The molecule has 2 N–H and O–H groups in total. The number of sulfonamides is 1. The van der Waals surface area contributed by atoms with Crippen LogP contribution in [-0.4, -0.2) is 84.8 Å². The number of nitrogens with one attached hydrogen (secondary N) is 1. The van der Waals surface area contributed by atoms with Crippen LogP contribution < -0.4 is 14.2 Å². The van der Waals surface area contributed by atoms with E-state index in [-0.39, 0.29) is 42.0 Å². The lowest BCUT2D eigenvalue weighted by atomic mass is 10.0. The molecule has 1 aliphatic heterocycles. The van der Waals surface area contributed by atoms with Crippen LogP contribution in [0.25, 0.3) is 0 Å². The number of hydrogen-bond donors (Lipinski definition) is 2. The van der Waals surface area contributed by atoms with Crippen molar-refractivity contribution >= 4 is 21.6 Å². The molecular formula is C29H39N5O6S. The van der Waals surface area contributed by atoms with Crippen LogP contribution in [0.5, 0.6) is 11.5 Å². The summed E-state index contributed by atoms with van der Waals surface area (Å²) in [6, 6.07) is 12.5. The number of aliphatic hydroxyl groups excluding tert-OH is 1. The lowest BCUT2D eigenvalue weighted by Crippen LogP contribution is -2.47. The summed E-state index contributed by atoms with van der Waals surface area (Å²) in [6.07, 6.45) is 2.54. The molecule has 41 heavy (non-hydrogen) atoms. The van der Waals surface area contributed by atoms with Crippen molar-refractivity contribution in [2.75, 3.05) is 38.6 Å². The number of methoxy groups -OCH3 is 1. The average Bonchev–Trinajstić information content (AvgIpc) is 3.40. The van der Waals surface area contributed by atoms with Gasteiger partial charge in [0.05, 0.1) is 32.5 Å². The van der Waals surface area contributed by atoms with E-state index in [1.54, 1.807) is 41.8 Å². The largest absolute Gasteiger partial charge is 0.497 e. The van der Waals surface area contributed by atoms with Gasteiger partial charge in [0.15, 0.2) is 5.03 Å². The molecular weight excluding hydrogens is 546 g/mol. The normalized spacial score (nSPS) is 18.6. The third-order valence-electron chi connectivity index (χ3n) is 7.23. The van der Waals surface area contributed by atoms with E-state index >= 15 is 0 Å². The van der Waals surface area contributed by atoms with Gasteiger partial charge in [-0.2, -0.15) is 8.42 Å². The van der Waals surface area contributed by atoms with Gasteiger partial charge >= 0.3 is 0 Å². The Labute approximate surface area is 241 Å². The van der Waals surface area contributed by atoms with E-state index in [1.807, 2.05) is 45.2 Å². The number of imidazole rings is 1. The van der Waals surface area contributed by atoms with E-state index in [9.17, 15) is 18.3 Å². The molecule has 1 aromatic heterocycles. The average molecular weight is 586 g/mol. The summed E-state index contributed by atoms with van der Waals surface area (Å²) in [6.45, 7) is 5.36. The minimum Gasteiger partial charge on any atom is -0.497 e. The summed E-state index contributed by atoms with van der Waals surface area (Å²) in [7, 11) is 1.42. The zero-order valence-electron chi connectivity index (χ0n) is 24.1. The fourth-order valence-electron chi connectivity index (χ4n) is 4.86. The van der Waals surface area contributed by atoms with Crippen LogP contribution in [0.4, 0.5) is 5.69 Å². The van der Waals surface area contributed by atoms with Crippen molar-refractivity contribution in [3.63, 3.8) is 0 Å². The van der Waals surface area contributed by atoms with Gasteiger partial charge in [-0.05, 0) is 49.9 Å². The van der Waals surface area contributed by atoms with Crippen LogP contribution in [0.1, 0.15) is 25.0 Å². The van der Waals surface area contributed by atoms with E-state index in [0.29, 0.717) is 36.6 Å². The molecule has 3 atom stereocenters. The zero-order chi connectivity index (χ0) is 29.7. The van der Waals surface area contributed by atoms with Crippen LogP contribution in [0.3, 0.4) is 0 Å². The maximum atomic E-state index is 13.5. The number of fused-ring (bicyclic) bond motifs is 1. The maximum absolute atomic E-state index is 13.5. The van der Waals surface area contributed by atoms with Gasteiger partial charge in [0.2, 0.25) is 5.91 Å². The van der Waals surface area contributed by atoms with Crippen molar-refractivity contribution < 1.29 is 27.8 Å². The molecule has 0 saturated heterocycles. The minimum atomic E-state index is -3.92. The topological polar surface area (TPSA) is 126 Å². The highest BCUT2D eigenvalue weighted by Gasteiger charge is 2.31. The third-order valence-corrected chi connectivity index (χ3v) is 8.49. The predicted molar refractivity (Wildman–Crippen MR) is 155 cm³/mol. The third kappa shape index (κ3) is 7.57. The SMILES string of the molecule is COc1ccc(CN(C)C[C@H]2Oc3ccc(NS(=O)(=O)c4cn(C)cn4)cc3CC(=O)N([C@H](C)CO)C[C@H]2C)cc1. The number of carbonyl (C=O) groups excluding carboxylic acids is 1. The monoisotopic (exact) mass is 585 g/mol. The number of aryl methyl sites for hydroxylation is 1. The number of anilines is 1. The lowest BCUT2D eigenvalue weighted by molar-refractivity contribution is -0.134.